The van der Waals surface area contributed by atoms with Gasteiger partial charge < -0.3 is 0 Å². The average molecular weight is 357 g/mol. The number of anilines is 1. The van der Waals surface area contributed by atoms with Gasteiger partial charge in [0.2, 0.25) is 0 Å². The van der Waals surface area contributed by atoms with Crippen molar-refractivity contribution in [3.8, 4) is 0 Å². The van der Waals surface area contributed by atoms with Gasteiger partial charge in [0.1, 0.15) is 5.82 Å². The van der Waals surface area contributed by atoms with E-state index in [0.29, 0.717) is 10.6 Å². The van der Waals surface area contributed by atoms with Gasteiger partial charge in [0.15, 0.2) is 10.9 Å². The van der Waals surface area contributed by atoms with Crippen LogP contribution in [-0.2, 0) is 0 Å². The van der Waals surface area contributed by atoms with Crippen molar-refractivity contribution in [3.63, 3.8) is 0 Å². The summed E-state index contributed by atoms with van der Waals surface area (Å²) in [5.41, 5.74) is 0.483. The summed E-state index contributed by atoms with van der Waals surface area (Å²) >= 11 is 4.16. The molecule has 0 radical (unpaired) electrons. The van der Waals surface area contributed by atoms with E-state index in [0.717, 1.165) is 11.3 Å². The molecule has 20 heavy (non-hydrogen) atoms. The average Bonchev–Trinajstić information content (AvgIpc) is 2.79. The second-order valence-electron chi connectivity index (χ2n) is 3.92. The zero-order valence-corrected chi connectivity index (χ0v) is 12.8. The van der Waals surface area contributed by atoms with Crippen LogP contribution in [0.3, 0.4) is 0 Å². The molecule has 1 heterocycles. The van der Waals surface area contributed by atoms with E-state index < -0.39 is 11.7 Å². The minimum Gasteiger partial charge on any atom is -0.298 e. The number of benzene rings is 1. The number of ketones is 1. The highest BCUT2D eigenvalue weighted by molar-refractivity contribution is 9.09. The highest BCUT2D eigenvalue weighted by Crippen LogP contribution is 2.24. The van der Waals surface area contributed by atoms with Crippen LogP contribution < -0.4 is 5.32 Å². The lowest BCUT2D eigenvalue weighted by molar-refractivity contribution is 0.101. The summed E-state index contributed by atoms with van der Waals surface area (Å²) in [6.45, 7) is 1.69. The van der Waals surface area contributed by atoms with Crippen LogP contribution in [0.4, 0.5) is 9.52 Å². The van der Waals surface area contributed by atoms with Crippen LogP contribution in [0, 0.1) is 12.7 Å². The lowest BCUT2D eigenvalue weighted by Crippen LogP contribution is -2.13. The molecule has 104 valence electrons. The minimum atomic E-state index is -0.602. The van der Waals surface area contributed by atoms with Gasteiger partial charge in [0.25, 0.3) is 5.91 Å². The maximum atomic E-state index is 13.5. The number of rotatable bonds is 4. The number of nitrogens with zero attached hydrogens (tertiary/aromatic N) is 1. The largest absolute Gasteiger partial charge is 0.298 e. The summed E-state index contributed by atoms with van der Waals surface area (Å²) in [4.78, 5) is 28.1. The van der Waals surface area contributed by atoms with E-state index in [2.05, 4.69) is 26.2 Å². The molecule has 4 nitrogen and oxygen atoms in total. The molecule has 2 aromatic rings. The number of hydrogen-bond acceptors (Lipinski definition) is 4. The lowest BCUT2D eigenvalue weighted by Gasteiger charge is -2.02. The van der Waals surface area contributed by atoms with E-state index in [1.807, 2.05) is 0 Å². The van der Waals surface area contributed by atoms with Gasteiger partial charge in [0, 0.05) is 0 Å². The van der Waals surface area contributed by atoms with Crippen molar-refractivity contribution in [3.05, 3.63) is 46.2 Å². The fourth-order valence-electron chi connectivity index (χ4n) is 1.58. The summed E-state index contributed by atoms with van der Waals surface area (Å²) in [6, 6.07) is 5.68. The second-order valence-corrected chi connectivity index (χ2v) is 5.48. The number of aromatic nitrogens is 1. The fourth-order valence-corrected chi connectivity index (χ4v) is 2.94. The number of Topliss-reactive ketones (excluding diaryl/α,β-unsaturated/α-hetero) is 1. The van der Waals surface area contributed by atoms with Crippen LogP contribution in [0.25, 0.3) is 0 Å². The van der Waals surface area contributed by atoms with Crippen LogP contribution in [-0.4, -0.2) is 22.0 Å². The summed E-state index contributed by atoms with van der Waals surface area (Å²) in [6.07, 6.45) is 0. The first-order chi connectivity index (χ1) is 9.52. The summed E-state index contributed by atoms with van der Waals surface area (Å²) in [5.74, 6) is -1.30. The van der Waals surface area contributed by atoms with Gasteiger partial charge in [-0.15, -0.1) is 0 Å². The molecule has 0 aliphatic heterocycles. The first-order valence-electron chi connectivity index (χ1n) is 5.65. The van der Waals surface area contributed by atoms with Gasteiger partial charge in [-0.05, 0) is 19.1 Å². The Balaban J connectivity index is 2.21. The zero-order chi connectivity index (χ0) is 14.7. The van der Waals surface area contributed by atoms with E-state index in [1.165, 1.54) is 18.2 Å². The van der Waals surface area contributed by atoms with E-state index >= 15 is 0 Å². The molecule has 0 aliphatic carbocycles. The fraction of sp³-hybridized carbons (Fsp3) is 0.154. The van der Waals surface area contributed by atoms with Gasteiger partial charge in [-0.3, -0.25) is 14.9 Å². The number of alkyl halides is 1. The third kappa shape index (κ3) is 3.10. The number of amides is 1. The van der Waals surface area contributed by atoms with Crippen LogP contribution in [0.5, 0.6) is 0 Å². The molecule has 0 fully saturated rings. The predicted octanol–water partition coefficient (Wildman–Crippen LogP) is 3.42. The Morgan fingerprint density at radius 3 is 2.75 bits per heavy atom. The smallest absolute Gasteiger partial charge is 0.260 e. The maximum Gasteiger partial charge on any atom is 0.260 e. The molecule has 0 unspecified atom stereocenters. The highest BCUT2D eigenvalue weighted by atomic mass is 79.9. The number of carbonyl (C=O) groups is 2. The Morgan fingerprint density at radius 2 is 2.10 bits per heavy atom. The molecule has 2 rings (SSSR count). The molecular weight excluding hydrogens is 347 g/mol. The van der Waals surface area contributed by atoms with Crippen molar-refractivity contribution in [2.75, 3.05) is 10.6 Å². The molecule has 0 aliphatic rings. The Morgan fingerprint density at radius 1 is 1.40 bits per heavy atom. The summed E-state index contributed by atoms with van der Waals surface area (Å²) < 4.78 is 13.5. The molecule has 0 saturated carbocycles. The molecule has 1 N–H and O–H groups in total. The molecule has 0 saturated heterocycles. The predicted molar refractivity (Wildman–Crippen MR) is 79.3 cm³/mol. The van der Waals surface area contributed by atoms with Crippen molar-refractivity contribution in [2.45, 2.75) is 6.92 Å². The van der Waals surface area contributed by atoms with Crippen molar-refractivity contribution in [2.24, 2.45) is 0 Å². The zero-order valence-electron chi connectivity index (χ0n) is 10.4. The molecule has 0 spiro atoms. The Hall–Kier alpha value is -1.60. The van der Waals surface area contributed by atoms with Crippen molar-refractivity contribution < 1.29 is 14.0 Å². The van der Waals surface area contributed by atoms with E-state index in [1.54, 1.807) is 13.0 Å². The molecule has 0 atom stereocenters. The number of aryl methyl sites for hydroxylation is 1. The monoisotopic (exact) mass is 356 g/mol. The van der Waals surface area contributed by atoms with Gasteiger partial charge in [-0.2, -0.15) is 0 Å². The molecule has 1 aromatic carbocycles. The molecule has 0 bridgehead atoms. The number of hydrogen-bond donors (Lipinski definition) is 1. The van der Waals surface area contributed by atoms with Crippen LogP contribution in [0.15, 0.2) is 24.3 Å². The molecular formula is C13H10BrFN2O2S. The highest BCUT2D eigenvalue weighted by Gasteiger charge is 2.17. The first kappa shape index (κ1) is 14.8. The van der Waals surface area contributed by atoms with Crippen LogP contribution >= 0.6 is 27.3 Å². The SMILES string of the molecule is Cc1nc(NC(=O)c2ccccc2F)sc1C(=O)CBr. The van der Waals surface area contributed by atoms with E-state index in [-0.39, 0.29) is 21.8 Å². The van der Waals surface area contributed by atoms with Gasteiger partial charge in [-0.25, -0.2) is 9.37 Å². The van der Waals surface area contributed by atoms with Crippen molar-refractivity contribution in [1.82, 2.24) is 4.98 Å². The number of thiazole rings is 1. The topological polar surface area (TPSA) is 59.1 Å². The maximum absolute atomic E-state index is 13.5. The van der Waals surface area contributed by atoms with Crippen molar-refractivity contribution >= 4 is 44.1 Å². The summed E-state index contributed by atoms with van der Waals surface area (Å²) in [7, 11) is 0. The Labute approximate surface area is 127 Å². The van der Waals surface area contributed by atoms with E-state index in [9.17, 15) is 14.0 Å². The number of nitrogens with one attached hydrogen (secondary N) is 1. The van der Waals surface area contributed by atoms with Crippen LogP contribution in [0.1, 0.15) is 25.7 Å². The second kappa shape index (κ2) is 6.23. The third-order valence-electron chi connectivity index (χ3n) is 2.51. The normalized spacial score (nSPS) is 10.3. The quantitative estimate of drug-likeness (QED) is 0.674. The molecule has 1 amide bonds. The number of carbonyl (C=O) groups excluding carboxylic acids is 2. The van der Waals surface area contributed by atoms with Crippen LogP contribution in [0.2, 0.25) is 0 Å². The van der Waals surface area contributed by atoms with Gasteiger partial charge in [0.05, 0.1) is 21.5 Å². The summed E-state index contributed by atoms with van der Waals surface area (Å²) in [5, 5.41) is 2.97. The first-order valence-corrected chi connectivity index (χ1v) is 7.59. The van der Waals surface area contributed by atoms with Crippen molar-refractivity contribution in [1.29, 1.82) is 0 Å². The Kier molecular flexibility index (Phi) is 4.61. The molecule has 7 heteroatoms. The van der Waals surface area contributed by atoms with Gasteiger partial charge in [-0.1, -0.05) is 39.4 Å². The van der Waals surface area contributed by atoms with Gasteiger partial charge >= 0.3 is 0 Å². The van der Waals surface area contributed by atoms with E-state index in [4.69, 9.17) is 0 Å². The lowest BCUT2D eigenvalue weighted by atomic mass is 10.2. The minimum absolute atomic E-state index is 0.0614. The number of halogens is 2. The third-order valence-corrected chi connectivity index (χ3v) is 4.13. The molecule has 1 aromatic heterocycles. The Bertz CT molecular complexity index is 672. The standard InChI is InChI=1S/C13H10BrFN2O2S/c1-7-11(10(18)6-14)20-13(16-7)17-12(19)8-4-2-3-5-9(8)15/h2-5H,6H2,1H3,(H,16,17,19).